The average Bonchev–Trinajstić information content (AvgIpc) is 3.68. The lowest BCUT2D eigenvalue weighted by molar-refractivity contribution is 0.620. The Morgan fingerprint density at radius 1 is 0.487 bits per heavy atom. The van der Waals surface area contributed by atoms with Crippen LogP contribution in [-0.2, 0) is 0 Å². The summed E-state index contributed by atoms with van der Waals surface area (Å²) in [5, 5.41) is 4.44. The predicted octanol–water partition coefficient (Wildman–Crippen LogP) is 9.71. The summed E-state index contributed by atoms with van der Waals surface area (Å²) in [7, 11) is 0. The van der Waals surface area contributed by atoms with E-state index < -0.39 is 0 Å². The first-order valence-corrected chi connectivity index (χ1v) is 13.3. The number of hydrogen-bond donors (Lipinski definition) is 0. The fraction of sp³-hybridized carbons (Fsp3) is 0.0278. The molecule has 1 aliphatic rings. The number of benzene rings is 6. The Labute approximate surface area is 223 Å². The highest BCUT2D eigenvalue weighted by molar-refractivity contribution is 6.19. The Balaban J connectivity index is 1.40. The fourth-order valence-electron chi connectivity index (χ4n) is 6.57. The van der Waals surface area contributed by atoms with Crippen LogP contribution in [0.1, 0.15) is 22.6 Å². The van der Waals surface area contributed by atoms with E-state index in [1.807, 2.05) is 36.4 Å². The lowest BCUT2D eigenvalue weighted by Gasteiger charge is -2.17. The van der Waals surface area contributed by atoms with Crippen LogP contribution in [0.2, 0.25) is 0 Å². The maximum absolute atomic E-state index is 6.59. The van der Waals surface area contributed by atoms with Gasteiger partial charge in [0.05, 0.1) is 0 Å². The van der Waals surface area contributed by atoms with E-state index in [1.165, 1.54) is 33.2 Å². The van der Waals surface area contributed by atoms with Gasteiger partial charge >= 0.3 is 0 Å². The summed E-state index contributed by atoms with van der Waals surface area (Å²) in [5.74, 6) is 0.740. The summed E-state index contributed by atoms with van der Waals surface area (Å²) in [5.41, 5.74) is 10.9. The second-order valence-electron chi connectivity index (χ2n) is 10.3. The Morgan fingerprint density at radius 2 is 1.13 bits per heavy atom. The molecule has 8 aromatic rings. The van der Waals surface area contributed by atoms with Crippen LogP contribution >= 0.6 is 0 Å². The molecular weight excluding hydrogens is 478 g/mol. The van der Waals surface area contributed by atoms with Crippen LogP contribution in [0, 0.1) is 0 Å². The van der Waals surface area contributed by atoms with Crippen molar-refractivity contribution in [2.45, 2.75) is 5.92 Å². The topological polar surface area (TPSA) is 39.2 Å². The molecule has 3 heteroatoms. The quantitative estimate of drug-likeness (QED) is 0.238. The molecule has 2 aromatic heterocycles. The number of furan rings is 1. The summed E-state index contributed by atoms with van der Waals surface area (Å²) < 4.78 is 12.8. The smallest absolute Gasteiger partial charge is 0.228 e. The molecule has 0 atom stereocenters. The summed E-state index contributed by atoms with van der Waals surface area (Å²) in [6, 6.07) is 42.6. The molecule has 0 unspecified atom stereocenters. The Morgan fingerprint density at radius 3 is 1.92 bits per heavy atom. The van der Waals surface area contributed by atoms with E-state index in [-0.39, 0.29) is 5.92 Å². The fourth-order valence-corrected chi connectivity index (χ4v) is 6.57. The van der Waals surface area contributed by atoms with Gasteiger partial charge in [-0.15, -0.1) is 0 Å². The van der Waals surface area contributed by atoms with Gasteiger partial charge in [-0.25, -0.2) is 4.98 Å². The molecule has 0 saturated heterocycles. The molecule has 39 heavy (non-hydrogen) atoms. The van der Waals surface area contributed by atoms with Gasteiger partial charge in [0.25, 0.3) is 0 Å². The lowest BCUT2D eigenvalue weighted by Crippen LogP contribution is -2.00. The first-order valence-electron chi connectivity index (χ1n) is 13.3. The van der Waals surface area contributed by atoms with Gasteiger partial charge in [-0.3, -0.25) is 0 Å². The second-order valence-corrected chi connectivity index (χ2v) is 10.3. The maximum Gasteiger partial charge on any atom is 0.228 e. The maximum atomic E-state index is 6.59. The molecule has 0 bridgehead atoms. The van der Waals surface area contributed by atoms with Crippen molar-refractivity contribution in [2.75, 3.05) is 0 Å². The first kappa shape index (κ1) is 20.9. The monoisotopic (exact) mass is 499 g/mol. The van der Waals surface area contributed by atoms with Crippen molar-refractivity contribution in [3.05, 3.63) is 138 Å². The van der Waals surface area contributed by atoms with Crippen molar-refractivity contribution < 1.29 is 8.83 Å². The molecule has 1 aliphatic carbocycles. The second kappa shape index (κ2) is 7.68. The average molecular weight is 500 g/mol. The molecule has 0 radical (unpaired) electrons. The molecule has 0 saturated carbocycles. The number of hydrogen-bond acceptors (Lipinski definition) is 3. The molecule has 2 heterocycles. The molecule has 3 nitrogen and oxygen atoms in total. The molecule has 6 aromatic carbocycles. The zero-order chi connectivity index (χ0) is 25.5. The van der Waals surface area contributed by atoms with Gasteiger partial charge in [-0.05, 0) is 63.5 Å². The van der Waals surface area contributed by atoms with Crippen LogP contribution < -0.4 is 0 Å². The third-order valence-electron chi connectivity index (χ3n) is 8.20. The summed E-state index contributed by atoms with van der Waals surface area (Å²) in [4.78, 5) is 4.83. The van der Waals surface area contributed by atoms with E-state index in [0.29, 0.717) is 5.89 Å². The van der Waals surface area contributed by atoms with Crippen molar-refractivity contribution >= 4 is 43.8 Å². The number of aromatic nitrogens is 1. The molecule has 182 valence electrons. The van der Waals surface area contributed by atoms with Crippen LogP contribution in [0.25, 0.3) is 66.4 Å². The van der Waals surface area contributed by atoms with Crippen LogP contribution in [0.15, 0.2) is 130 Å². The highest BCUT2D eigenvalue weighted by Gasteiger charge is 2.31. The minimum absolute atomic E-state index is 0.133. The van der Waals surface area contributed by atoms with Gasteiger partial charge in [0.1, 0.15) is 16.7 Å². The van der Waals surface area contributed by atoms with Crippen molar-refractivity contribution in [2.24, 2.45) is 0 Å². The summed E-state index contributed by atoms with van der Waals surface area (Å²) in [6.45, 7) is 0. The number of fused-ring (bicyclic) bond motifs is 9. The van der Waals surface area contributed by atoms with Gasteiger partial charge in [0.15, 0.2) is 5.58 Å². The molecule has 0 spiro atoms. The molecule has 0 fully saturated rings. The zero-order valence-corrected chi connectivity index (χ0v) is 20.9. The van der Waals surface area contributed by atoms with Crippen LogP contribution in [0.3, 0.4) is 0 Å². The number of oxazole rings is 1. The lowest BCUT2D eigenvalue weighted by atomic mass is 9.85. The van der Waals surface area contributed by atoms with Crippen LogP contribution in [-0.4, -0.2) is 4.98 Å². The summed E-state index contributed by atoms with van der Waals surface area (Å²) in [6.07, 6.45) is 0. The Hall–Kier alpha value is -5.15. The molecule has 0 amide bonds. The third-order valence-corrected chi connectivity index (χ3v) is 8.20. The van der Waals surface area contributed by atoms with Crippen molar-refractivity contribution in [1.82, 2.24) is 4.98 Å². The summed E-state index contributed by atoms with van der Waals surface area (Å²) >= 11 is 0. The van der Waals surface area contributed by atoms with E-state index in [1.54, 1.807) is 0 Å². The number of para-hydroxylation sites is 2. The minimum atomic E-state index is 0.133. The van der Waals surface area contributed by atoms with Crippen molar-refractivity contribution in [3.8, 4) is 22.6 Å². The van der Waals surface area contributed by atoms with E-state index in [2.05, 4.69) is 84.9 Å². The van der Waals surface area contributed by atoms with Crippen molar-refractivity contribution in [1.29, 1.82) is 0 Å². The van der Waals surface area contributed by atoms with E-state index in [0.717, 1.165) is 44.0 Å². The normalized spacial score (nSPS) is 13.0. The van der Waals surface area contributed by atoms with E-state index in [4.69, 9.17) is 13.8 Å². The highest BCUT2D eigenvalue weighted by atomic mass is 16.3. The SMILES string of the molecule is c1ccc2c(c1)-c1ccccc1C2c1cc2c(oc3cccc(-c4nc5ccccc5o4)c32)c2ccccc12. The van der Waals surface area contributed by atoms with Gasteiger partial charge in [-0.2, -0.15) is 0 Å². The third kappa shape index (κ3) is 2.84. The standard InChI is InChI=1S/C36H21NO2/c1-4-13-24-21(10-1)22-11-2-5-14-25(22)33(24)28-20-29-34-27(36-37-30-17-7-8-18-31(30)39-36)16-9-19-32(34)38-35(29)26-15-6-3-12-23(26)28/h1-20,33H. The van der Waals surface area contributed by atoms with Gasteiger partial charge in [0.2, 0.25) is 5.89 Å². The van der Waals surface area contributed by atoms with Gasteiger partial charge in [-0.1, -0.05) is 91.0 Å². The molecular formula is C36H21NO2. The minimum Gasteiger partial charge on any atom is -0.455 e. The number of nitrogens with zero attached hydrogens (tertiary/aromatic N) is 1. The molecule has 9 rings (SSSR count). The van der Waals surface area contributed by atoms with Crippen molar-refractivity contribution in [3.63, 3.8) is 0 Å². The molecule has 0 aliphatic heterocycles. The van der Waals surface area contributed by atoms with Gasteiger partial charge in [0, 0.05) is 27.6 Å². The zero-order valence-electron chi connectivity index (χ0n) is 20.9. The van der Waals surface area contributed by atoms with Crippen LogP contribution in [0.4, 0.5) is 0 Å². The highest BCUT2D eigenvalue weighted by Crippen LogP contribution is 2.51. The van der Waals surface area contributed by atoms with Crippen LogP contribution in [0.5, 0.6) is 0 Å². The number of rotatable bonds is 2. The first-order chi connectivity index (χ1) is 19.3. The molecule has 0 N–H and O–H groups in total. The van der Waals surface area contributed by atoms with E-state index >= 15 is 0 Å². The Bertz CT molecular complexity index is 2170. The largest absolute Gasteiger partial charge is 0.455 e. The van der Waals surface area contributed by atoms with E-state index in [9.17, 15) is 0 Å². The Kier molecular flexibility index (Phi) is 4.11. The van der Waals surface area contributed by atoms with Gasteiger partial charge < -0.3 is 8.83 Å². The predicted molar refractivity (Wildman–Crippen MR) is 157 cm³/mol.